The van der Waals surface area contributed by atoms with E-state index in [4.69, 9.17) is 9.47 Å². The van der Waals surface area contributed by atoms with E-state index in [0.717, 1.165) is 36.3 Å². The zero-order valence-electron chi connectivity index (χ0n) is 9.99. The van der Waals surface area contributed by atoms with Crippen molar-refractivity contribution in [3.05, 3.63) is 23.8 Å². The standard InChI is InChI=1S/C14H16O3/c1-2-13(15)14(6-3-7-14)10-4-5-11-12(8-10)17-9-16-11/h4-5,8H,2-3,6-7,9H2,1H3. The molecule has 3 rings (SSSR count). The zero-order chi connectivity index (χ0) is 11.9. The van der Waals surface area contributed by atoms with Crippen LogP contribution in [0.15, 0.2) is 18.2 Å². The number of carbonyl (C=O) groups is 1. The Hall–Kier alpha value is -1.51. The molecule has 1 aromatic carbocycles. The number of ether oxygens (including phenoxy) is 2. The largest absolute Gasteiger partial charge is 0.454 e. The van der Waals surface area contributed by atoms with E-state index in [9.17, 15) is 4.79 Å². The molecule has 0 atom stereocenters. The number of fused-ring (bicyclic) bond motifs is 1. The summed E-state index contributed by atoms with van der Waals surface area (Å²) in [5.41, 5.74) is 0.857. The van der Waals surface area contributed by atoms with Gasteiger partial charge in [-0.05, 0) is 30.5 Å². The fraction of sp³-hybridized carbons (Fsp3) is 0.500. The average Bonchev–Trinajstić information content (AvgIpc) is 2.74. The van der Waals surface area contributed by atoms with Crippen molar-refractivity contribution in [2.24, 2.45) is 0 Å². The lowest BCUT2D eigenvalue weighted by Crippen LogP contribution is -2.42. The van der Waals surface area contributed by atoms with Gasteiger partial charge < -0.3 is 9.47 Å². The minimum Gasteiger partial charge on any atom is -0.454 e. The van der Waals surface area contributed by atoms with E-state index in [1.54, 1.807) is 0 Å². The summed E-state index contributed by atoms with van der Waals surface area (Å²) in [6.07, 6.45) is 3.69. The van der Waals surface area contributed by atoms with Crippen molar-refractivity contribution in [3.63, 3.8) is 0 Å². The number of ketones is 1. The van der Waals surface area contributed by atoms with E-state index in [2.05, 4.69) is 0 Å². The van der Waals surface area contributed by atoms with E-state index in [0.29, 0.717) is 12.2 Å². The number of carbonyl (C=O) groups excluding carboxylic acids is 1. The van der Waals surface area contributed by atoms with Crippen LogP contribution in [0.1, 0.15) is 38.2 Å². The molecule has 1 fully saturated rings. The summed E-state index contributed by atoms with van der Waals surface area (Å²) >= 11 is 0. The highest BCUT2D eigenvalue weighted by Gasteiger charge is 2.44. The van der Waals surface area contributed by atoms with Crippen molar-refractivity contribution in [3.8, 4) is 11.5 Å². The predicted molar refractivity (Wildman–Crippen MR) is 63.4 cm³/mol. The molecule has 17 heavy (non-hydrogen) atoms. The van der Waals surface area contributed by atoms with Crippen LogP contribution in [0.25, 0.3) is 0 Å². The monoisotopic (exact) mass is 232 g/mol. The van der Waals surface area contributed by atoms with E-state index in [1.165, 1.54) is 0 Å². The van der Waals surface area contributed by atoms with E-state index < -0.39 is 0 Å². The van der Waals surface area contributed by atoms with Gasteiger partial charge in [-0.15, -0.1) is 0 Å². The molecular formula is C14H16O3. The predicted octanol–water partition coefficient (Wildman–Crippen LogP) is 2.82. The molecule has 0 radical (unpaired) electrons. The summed E-state index contributed by atoms with van der Waals surface area (Å²) in [4.78, 5) is 12.1. The van der Waals surface area contributed by atoms with Gasteiger partial charge in [0.25, 0.3) is 0 Å². The first kappa shape index (κ1) is 10.6. The third-order valence-corrected chi connectivity index (χ3v) is 3.99. The molecule has 90 valence electrons. The number of benzene rings is 1. The Morgan fingerprint density at radius 1 is 1.29 bits per heavy atom. The summed E-state index contributed by atoms with van der Waals surface area (Å²) in [5, 5.41) is 0. The van der Waals surface area contributed by atoms with Crippen molar-refractivity contribution in [2.75, 3.05) is 6.79 Å². The lowest BCUT2D eigenvalue weighted by atomic mass is 9.61. The van der Waals surface area contributed by atoms with Crippen molar-refractivity contribution in [1.29, 1.82) is 0 Å². The maximum atomic E-state index is 12.1. The number of hydrogen-bond donors (Lipinski definition) is 0. The molecule has 3 heteroatoms. The van der Waals surface area contributed by atoms with E-state index >= 15 is 0 Å². The Morgan fingerprint density at radius 2 is 2.06 bits per heavy atom. The molecule has 1 heterocycles. The van der Waals surface area contributed by atoms with Crippen LogP contribution >= 0.6 is 0 Å². The minimum absolute atomic E-state index is 0.240. The van der Waals surface area contributed by atoms with Crippen LogP contribution in [0.5, 0.6) is 11.5 Å². The van der Waals surface area contributed by atoms with Crippen LogP contribution in [0.2, 0.25) is 0 Å². The molecule has 1 saturated carbocycles. The van der Waals surface area contributed by atoms with Crippen LogP contribution in [0.3, 0.4) is 0 Å². The van der Waals surface area contributed by atoms with Gasteiger partial charge in [-0.1, -0.05) is 19.4 Å². The highest BCUT2D eigenvalue weighted by Crippen LogP contribution is 2.47. The third kappa shape index (κ3) is 1.45. The molecule has 1 aromatic rings. The summed E-state index contributed by atoms with van der Waals surface area (Å²) in [6.45, 7) is 2.23. The molecule has 0 amide bonds. The topological polar surface area (TPSA) is 35.5 Å². The molecule has 0 aromatic heterocycles. The van der Waals surface area contributed by atoms with Gasteiger partial charge in [0.15, 0.2) is 11.5 Å². The molecule has 1 aliphatic carbocycles. The van der Waals surface area contributed by atoms with Crippen LogP contribution < -0.4 is 9.47 Å². The Balaban J connectivity index is 2.00. The van der Waals surface area contributed by atoms with Crippen molar-refractivity contribution < 1.29 is 14.3 Å². The normalized spacial score (nSPS) is 19.8. The van der Waals surface area contributed by atoms with Crippen molar-refractivity contribution in [2.45, 2.75) is 38.0 Å². The lowest BCUT2D eigenvalue weighted by molar-refractivity contribution is -0.127. The molecule has 2 aliphatic rings. The highest BCUT2D eigenvalue weighted by molar-refractivity contribution is 5.91. The van der Waals surface area contributed by atoms with Crippen LogP contribution in [-0.4, -0.2) is 12.6 Å². The summed E-state index contributed by atoms with van der Waals surface area (Å²) in [7, 11) is 0. The quantitative estimate of drug-likeness (QED) is 0.803. The van der Waals surface area contributed by atoms with Crippen LogP contribution in [-0.2, 0) is 10.2 Å². The van der Waals surface area contributed by atoms with Crippen LogP contribution in [0, 0.1) is 0 Å². The van der Waals surface area contributed by atoms with Gasteiger partial charge in [0.05, 0.1) is 5.41 Å². The van der Waals surface area contributed by atoms with Crippen molar-refractivity contribution in [1.82, 2.24) is 0 Å². The van der Waals surface area contributed by atoms with Gasteiger partial charge in [-0.3, -0.25) is 4.79 Å². The first-order chi connectivity index (χ1) is 8.26. The fourth-order valence-corrected chi connectivity index (χ4v) is 2.79. The molecule has 0 spiro atoms. The Bertz CT molecular complexity index is 461. The minimum atomic E-state index is -0.240. The smallest absolute Gasteiger partial charge is 0.231 e. The van der Waals surface area contributed by atoms with Gasteiger partial charge in [-0.25, -0.2) is 0 Å². The molecule has 1 aliphatic heterocycles. The summed E-state index contributed by atoms with van der Waals surface area (Å²) < 4.78 is 10.7. The molecular weight excluding hydrogens is 216 g/mol. The van der Waals surface area contributed by atoms with Gasteiger partial charge in [0, 0.05) is 6.42 Å². The van der Waals surface area contributed by atoms with Gasteiger partial charge in [-0.2, -0.15) is 0 Å². The molecule has 0 bridgehead atoms. The van der Waals surface area contributed by atoms with Gasteiger partial charge in [0.1, 0.15) is 5.78 Å². The maximum absolute atomic E-state index is 12.1. The SMILES string of the molecule is CCC(=O)C1(c2ccc3c(c2)OCO3)CCC1. The Kier molecular flexibility index (Phi) is 2.35. The second kappa shape index (κ2) is 3.76. The summed E-state index contributed by atoms with van der Waals surface area (Å²) in [5.74, 6) is 1.91. The van der Waals surface area contributed by atoms with Crippen molar-refractivity contribution >= 4 is 5.78 Å². The van der Waals surface area contributed by atoms with E-state index in [-0.39, 0.29) is 12.2 Å². The molecule has 3 nitrogen and oxygen atoms in total. The number of hydrogen-bond acceptors (Lipinski definition) is 3. The third-order valence-electron chi connectivity index (χ3n) is 3.99. The first-order valence-corrected chi connectivity index (χ1v) is 6.20. The van der Waals surface area contributed by atoms with Gasteiger partial charge >= 0.3 is 0 Å². The molecule has 0 N–H and O–H groups in total. The average molecular weight is 232 g/mol. The lowest BCUT2D eigenvalue weighted by Gasteiger charge is -2.40. The second-order valence-corrected chi connectivity index (χ2v) is 4.78. The molecule has 0 saturated heterocycles. The first-order valence-electron chi connectivity index (χ1n) is 6.20. The number of rotatable bonds is 3. The zero-order valence-corrected chi connectivity index (χ0v) is 9.99. The van der Waals surface area contributed by atoms with Crippen LogP contribution in [0.4, 0.5) is 0 Å². The maximum Gasteiger partial charge on any atom is 0.231 e. The second-order valence-electron chi connectivity index (χ2n) is 4.78. The summed E-state index contributed by atoms with van der Waals surface area (Å²) in [6, 6.07) is 5.91. The highest BCUT2D eigenvalue weighted by atomic mass is 16.7. The Morgan fingerprint density at radius 3 is 2.71 bits per heavy atom. The van der Waals surface area contributed by atoms with Gasteiger partial charge in [0.2, 0.25) is 6.79 Å². The number of Topliss-reactive ketones (excluding diaryl/α,β-unsaturated/α-hetero) is 1. The fourth-order valence-electron chi connectivity index (χ4n) is 2.79. The Labute approximate surface area is 101 Å². The van der Waals surface area contributed by atoms with E-state index in [1.807, 2.05) is 25.1 Å². The molecule has 0 unspecified atom stereocenters.